The fourth-order valence-electron chi connectivity index (χ4n) is 4.84. The van der Waals surface area contributed by atoms with Crippen molar-refractivity contribution in [3.05, 3.63) is 0 Å². The molecule has 24 heavy (non-hydrogen) atoms. The molecule has 2 aliphatic carbocycles. The summed E-state index contributed by atoms with van der Waals surface area (Å²) in [5.41, 5.74) is 0.154. The van der Waals surface area contributed by atoms with Crippen molar-refractivity contribution in [3.8, 4) is 0 Å². The summed E-state index contributed by atoms with van der Waals surface area (Å²) in [6, 6.07) is 0. The first kappa shape index (κ1) is 15.0. The lowest BCUT2D eigenvalue weighted by molar-refractivity contribution is -0.155. The summed E-state index contributed by atoms with van der Waals surface area (Å²) in [6.07, 6.45) is 0.525. The molecule has 126 valence electrons. The number of carbonyl (C=O) groups excluding carboxylic acids is 4. The number of fused-ring (bicyclic) bond motifs is 8. The average Bonchev–Trinajstić information content (AvgIpc) is 3.24. The number of esters is 4. The molecule has 0 aromatic carbocycles. The van der Waals surface area contributed by atoms with Crippen LogP contribution in [0.1, 0.15) is 6.42 Å². The lowest BCUT2D eigenvalue weighted by Crippen LogP contribution is -2.49. The molecule has 6 atom stereocenters. The summed E-state index contributed by atoms with van der Waals surface area (Å²) >= 11 is 0. The Morgan fingerprint density at radius 1 is 0.875 bits per heavy atom. The zero-order valence-corrected chi connectivity index (χ0v) is 12.9. The number of methoxy groups -OCH3 is 2. The van der Waals surface area contributed by atoms with Gasteiger partial charge < -0.3 is 14.2 Å². The van der Waals surface area contributed by atoms with Crippen molar-refractivity contribution in [2.24, 2.45) is 45.7 Å². The van der Waals surface area contributed by atoms with E-state index in [0.29, 0.717) is 6.42 Å². The topological polar surface area (TPSA) is 121 Å². The number of rotatable bonds is 2. The first-order valence-corrected chi connectivity index (χ1v) is 7.57. The molecule has 0 spiro atoms. The molecule has 2 heterocycles. The maximum absolute atomic E-state index is 12.0. The van der Waals surface area contributed by atoms with Gasteiger partial charge in [-0.2, -0.15) is 0 Å². The molecule has 2 aliphatic heterocycles. The highest BCUT2D eigenvalue weighted by Gasteiger charge is 2.70. The second-order valence-corrected chi connectivity index (χ2v) is 6.36. The van der Waals surface area contributed by atoms with Gasteiger partial charge in [0.15, 0.2) is 11.4 Å². The summed E-state index contributed by atoms with van der Waals surface area (Å²) in [6.45, 7) is 0. The third kappa shape index (κ3) is 1.69. The highest BCUT2D eigenvalue weighted by molar-refractivity contribution is 6.43. The first-order chi connectivity index (χ1) is 11.5. The van der Waals surface area contributed by atoms with Gasteiger partial charge in [-0.1, -0.05) is 0 Å². The highest BCUT2D eigenvalue weighted by atomic mass is 16.6. The zero-order valence-electron chi connectivity index (χ0n) is 12.9. The van der Waals surface area contributed by atoms with Crippen molar-refractivity contribution in [1.29, 1.82) is 0 Å². The minimum atomic E-state index is -0.653. The molecule has 9 nitrogen and oxygen atoms in total. The molecular weight excluding hydrogens is 320 g/mol. The van der Waals surface area contributed by atoms with Crippen LogP contribution in [0.4, 0.5) is 0 Å². The van der Waals surface area contributed by atoms with E-state index in [4.69, 9.17) is 14.2 Å². The van der Waals surface area contributed by atoms with Crippen LogP contribution in [0, 0.1) is 35.5 Å². The van der Waals surface area contributed by atoms with Crippen LogP contribution < -0.4 is 0 Å². The van der Waals surface area contributed by atoms with Crippen LogP contribution in [0.15, 0.2) is 10.2 Å². The minimum Gasteiger partial charge on any atom is -0.464 e. The van der Waals surface area contributed by atoms with Gasteiger partial charge in [0, 0.05) is 11.8 Å². The number of nitrogens with zero attached hydrogens (tertiary/aromatic N) is 2. The van der Waals surface area contributed by atoms with Gasteiger partial charge in [0.2, 0.25) is 0 Å². The average molecular weight is 334 g/mol. The molecular formula is C15H14N2O7. The summed E-state index contributed by atoms with van der Waals surface area (Å²) < 4.78 is 14.3. The maximum atomic E-state index is 12.0. The van der Waals surface area contributed by atoms with Crippen LogP contribution >= 0.6 is 0 Å². The van der Waals surface area contributed by atoms with Crippen molar-refractivity contribution in [2.45, 2.75) is 6.42 Å². The third-order valence-corrected chi connectivity index (χ3v) is 5.59. The van der Waals surface area contributed by atoms with Crippen molar-refractivity contribution < 1.29 is 33.4 Å². The Bertz CT molecular complexity index is 680. The van der Waals surface area contributed by atoms with E-state index in [1.165, 1.54) is 14.2 Å². The molecule has 1 saturated heterocycles. The van der Waals surface area contributed by atoms with Gasteiger partial charge in [0.1, 0.15) is 0 Å². The molecule has 0 aromatic heterocycles. The predicted octanol–water partition coefficient (Wildman–Crippen LogP) is -0.659. The Morgan fingerprint density at radius 3 is 1.67 bits per heavy atom. The van der Waals surface area contributed by atoms with Crippen molar-refractivity contribution in [1.82, 2.24) is 0 Å². The van der Waals surface area contributed by atoms with Gasteiger partial charge in [-0.15, -0.1) is 10.2 Å². The highest BCUT2D eigenvalue weighted by Crippen LogP contribution is 2.62. The normalized spacial score (nSPS) is 38.8. The lowest BCUT2D eigenvalue weighted by Gasteiger charge is -2.36. The quantitative estimate of drug-likeness (QED) is 0.373. The number of cyclic esters (lactones) is 2. The van der Waals surface area contributed by atoms with Crippen LogP contribution in [0.25, 0.3) is 0 Å². The molecule has 9 heteroatoms. The van der Waals surface area contributed by atoms with Crippen molar-refractivity contribution in [3.63, 3.8) is 0 Å². The SMILES string of the molecule is COC(=O)C1=NN=C(C(=O)OC)C2C3CC(C4C(=O)OC(=O)C34)C12. The first-order valence-electron chi connectivity index (χ1n) is 7.57. The van der Waals surface area contributed by atoms with Gasteiger partial charge in [0.25, 0.3) is 0 Å². The standard InChI is InChI=1S/C15H14N2O7/c1-22-14(20)10-6-4-3-5(9-8(4)12(18)24-13(9)19)7(6)11(17-16-10)15(21)23-2/h4-9H,3H2,1-2H3. The molecule has 0 N–H and O–H groups in total. The summed E-state index contributed by atoms with van der Waals surface area (Å²) in [5, 5.41) is 7.73. The third-order valence-electron chi connectivity index (χ3n) is 5.59. The van der Waals surface area contributed by atoms with Crippen LogP contribution in [-0.4, -0.2) is 49.5 Å². The van der Waals surface area contributed by atoms with Gasteiger partial charge in [-0.3, -0.25) is 9.59 Å². The summed E-state index contributed by atoms with van der Waals surface area (Å²) in [5.74, 6) is -5.27. The van der Waals surface area contributed by atoms with E-state index in [0.717, 1.165) is 0 Å². The van der Waals surface area contributed by atoms with Gasteiger partial charge in [-0.25, -0.2) is 9.59 Å². The molecule has 3 fully saturated rings. The minimum absolute atomic E-state index is 0.0771. The van der Waals surface area contributed by atoms with Crippen LogP contribution in [0.3, 0.4) is 0 Å². The van der Waals surface area contributed by atoms with E-state index in [9.17, 15) is 19.2 Å². The molecule has 4 rings (SSSR count). The second kappa shape index (κ2) is 4.96. The monoisotopic (exact) mass is 334 g/mol. The van der Waals surface area contributed by atoms with E-state index < -0.39 is 47.5 Å². The Kier molecular flexibility index (Phi) is 3.09. The van der Waals surface area contributed by atoms with Crippen LogP contribution in [0.2, 0.25) is 0 Å². The second-order valence-electron chi connectivity index (χ2n) is 6.36. The van der Waals surface area contributed by atoms with Gasteiger partial charge in [-0.05, 0) is 18.3 Å². The largest absolute Gasteiger partial charge is 0.464 e. The fraction of sp³-hybridized carbons (Fsp3) is 0.600. The number of ether oxygens (including phenoxy) is 3. The lowest BCUT2D eigenvalue weighted by atomic mass is 9.65. The molecule has 0 amide bonds. The van der Waals surface area contributed by atoms with Crippen molar-refractivity contribution >= 4 is 35.3 Å². The summed E-state index contributed by atoms with van der Waals surface area (Å²) in [4.78, 5) is 48.2. The van der Waals surface area contributed by atoms with E-state index in [1.54, 1.807) is 0 Å². The Hall–Kier alpha value is -2.58. The van der Waals surface area contributed by atoms with Gasteiger partial charge >= 0.3 is 23.9 Å². The Balaban J connectivity index is 1.81. The summed E-state index contributed by atoms with van der Waals surface area (Å²) in [7, 11) is 2.45. The Labute approximate surface area is 136 Å². The number of carbonyl (C=O) groups is 4. The van der Waals surface area contributed by atoms with Crippen LogP contribution in [0.5, 0.6) is 0 Å². The number of hydrogen-bond donors (Lipinski definition) is 0. The van der Waals surface area contributed by atoms with Gasteiger partial charge in [0.05, 0.1) is 26.1 Å². The molecule has 6 unspecified atom stereocenters. The molecule has 2 bridgehead atoms. The van der Waals surface area contributed by atoms with Crippen LogP contribution in [-0.2, 0) is 33.4 Å². The zero-order chi connectivity index (χ0) is 17.2. The predicted molar refractivity (Wildman–Crippen MR) is 75.6 cm³/mol. The fourth-order valence-corrected chi connectivity index (χ4v) is 4.84. The van der Waals surface area contributed by atoms with E-state index >= 15 is 0 Å². The number of hydrogen-bond acceptors (Lipinski definition) is 9. The van der Waals surface area contributed by atoms with Crippen molar-refractivity contribution in [2.75, 3.05) is 14.2 Å². The Morgan fingerprint density at radius 2 is 1.29 bits per heavy atom. The maximum Gasteiger partial charge on any atom is 0.354 e. The molecule has 0 radical (unpaired) electrons. The smallest absolute Gasteiger partial charge is 0.354 e. The van der Waals surface area contributed by atoms with E-state index in [-0.39, 0.29) is 23.3 Å². The molecule has 0 aromatic rings. The van der Waals surface area contributed by atoms with E-state index in [1.807, 2.05) is 0 Å². The van der Waals surface area contributed by atoms with E-state index in [2.05, 4.69) is 10.2 Å². The molecule has 4 aliphatic rings. The molecule has 2 saturated carbocycles.